The Hall–Kier alpha value is -2.07. The van der Waals surface area contributed by atoms with Gasteiger partial charge in [0, 0.05) is 11.1 Å². The monoisotopic (exact) mass is 246 g/mol. The van der Waals surface area contributed by atoms with Crippen LogP contribution in [0.15, 0.2) is 39.5 Å². The predicted molar refractivity (Wildman–Crippen MR) is 66.3 cm³/mol. The van der Waals surface area contributed by atoms with E-state index in [0.717, 1.165) is 0 Å². The standard InChI is InChI=1S/C12H7ClN2O2/c13-6-1-2-11-8(3-6)15-9-4-7(14)10(16)5-12(9)17-11/h1-5H,14H2. The van der Waals surface area contributed by atoms with E-state index >= 15 is 0 Å². The quantitative estimate of drug-likeness (QED) is 0.489. The molecule has 0 radical (unpaired) electrons. The molecule has 4 nitrogen and oxygen atoms in total. The maximum absolute atomic E-state index is 11.4. The summed E-state index contributed by atoms with van der Waals surface area (Å²) in [4.78, 5) is 15.7. The fourth-order valence-electron chi connectivity index (χ4n) is 1.65. The molecule has 0 atom stereocenters. The second-order valence-electron chi connectivity index (χ2n) is 3.68. The molecule has 1 aliphatic heterocycles. The van der Waals surface area contributed by atoms with E-state index in [1.807, 2.05) is 0 Å². The highest BCUT2D eigenvalue weighted by Gasteiger charge is 2.11. The average Bonchev–Trinajstić information content (AvgIpc) is 2.28. The van der Waals surface area contributed by atoms with Gasteiger partial charge in [-0.1, -0.05) is 11.6 Å². The van der Waals surface area contributed by atoms with E-state index in [1.54, 1.807) is 18.2 Å². The molecule has 0 amide bonds. The lowest BCUT2D eigenvalue weighted by molar-refractivity contribution is 0.612. The van der Waals surface area contributed by atoms with E-state index in [-0.39, 0.29) is 11.1 Å². The highest BCUT2D eigenvalue weighted by atomic mass is 35.5. The summed E-state index contributed by atoms with van der Waals surface area (Å²) >= 11 is 5.87. The van der Waals surface area contributed by atoms with Crippen molar-refractivity contribution < 1.29 is 4.42 Å². The van der Waals surface area contributed by atoms with Crippen LogP contribution in [0.3, 0.4) is 0 Å². The van der Waals surface area contributed by atoms with Gasteiger partial charge in [0.15, 0.2) is 11.3 Å². The zero-order valence-electron chi connectivity index (χ0n) is 8.61. The maximum Gasteiger partial charge on any atom is 0.205 e. The van der Waals surface area contributed by atoms with Crippen LogP contribution in [0.4, 0.5) is 5.69 Å². The molecule has 0 fully saturated rings. The molecule has 0 unspecified atom stereocenters. The lowest BCUT2D eigenvalue weighted by atomic mass is 10.2. The van der Waals surface area contributed by atoms with Gasteiger partial charge >= 0.3 is 0 Å². The van der Waals surface area contributed by atoms with Crippen molar-refractivity contribution in [1.82, 2.24) is 4.98 Å². The summed E-state index contributed by atoms with van der Waals surface area (Å²) in [6, 6.07) is 7.95. The molecule has 0 spiro atoms. The number of rotatable bonds is 0. The van der Waals surface area contributed by atoms with E-state index in [1.165, 1.54) is 12.1 Å². The summed E-state index contributed by atoms with van der Waals surface area (Å²) in [5.41, 5.74) is 7.17. The summed E-state index contributed by atoms with van der Waals surface area (Å²) in [6.45, 7) is 0. The van der Waals surface area contributed by atoms with Gasteiger partial charge < -0.3 is 10.2 Å². The Morgan fingerprint density at radius 1 is 1.24 bits per heavy atom. The van der Waals surface area contributed by atoms with Crippen molar-refractivity contribution in [3.05, 3.63) is 45.6 Å². The molecule has 84 valence electrons. The Labute approximate surface area is 101 Å². The van der Waals surface area contributed by atoms with Gasteiger partial charge in [0.05, 0.1) is 5.69 Å². The lowest BCUT2D eigenvalue weighted by Gasteiger charge is -2.06. The third-order valence-electron chi connectivity index (χ3n) is 2.47. The number of hydrogen-bond acceptors (Lipinski definition) is 4. The van der Waals surface area contributed by atoms with Crippen LogP contribution in [0.2, 0.25) is 5.02 Å². The largest absolute Gasteiger partial charge is 0.453 e. The van der Waals surface area contributed by atoms with E-state index in [4.69, 9.17) is 21.8 Å². The molecule has 2 N–H and O–H groups in total. The summed E-state index contributed by atoms with van der Waals surface area (Å²) < 4.78 is 5.56. The first-order valence-electron chi connectivity index (χ1n) is 4.93. The molecule has 0 saturated carbocycles. The zero-order valence-corrected chi connectivity index (χ0v) is 9.36. The topological polar surface area (TPSA) is 69.1 Å². The summed E-state index contributed by atoms with van der Waals surface area (Å²) in [6.07, 6.45) is 0. The van der Waals surface area contributed by atoms with Crippen LogP contribution < -0.4 is 11.2 Å². The predicted octanol–water partition coefficient (Wildman–Crippen LogP) is 2.53. The summed E-state index contributed by atoms with van der Waals surface area (Å²) in [7, 11) is 0. The molecule has 1 aliphatic carbocycles. The molecular weight excluding hydrogens is 240 g/mol. The molecule has 1 aromatic carbocycles. The van der Waals surface area contributed by atoms with Crippen molar-refractivity contribution in [3.8, 4) is 11.5 Å². The SMILES string of the molecule is Nc1cc2nc3cc(Cl)ccc3oc-2cc1=O. The van der Waals surface area contributed by atoms with Crippen molar-refractivity contribution >= 4 is 28.4 Å². The van der Waals surface area contributed by atoms with Gasteiger partial charge in [-0.25, -0.2) is 4.98 Å². The first-order valence-corrected chi connectivity index (χ1v) is 5.31. The fourth-order valence-corrected chi connectivity index (χ4v) is 1.81. The van der Waals surface area contributed by atoms with E-state index in [2.05, 4.69) is 4.98 Å². The van der Waals surface area contributed by atoms with Gasteiger partial charge in [-0.05, 0) is 24.3 Å². The van der Waals surface area contributed by atoms with Gasteiger partial charge in [0.2, 0.25) is 5.43 Å². The summed E-state index contributed by atoms with van der Waals surface area (Å²) in [5.74, 6) is 0.416. The molecule has 2 aliphatic rings. The fraction of sp³-hybridized carbons (Fsp3) is 0. The molecule has 1 aromatic rings. The number of nitrogens with zero attached hydrogens (tertiary/aromatic N) is 1. The van der Waals surface area contributed by atoms with Crippen molar-refractivity contribution in [1.29, 1.82) is 0 Å². The van der Waals surface area contributed by atoms with Crippen LogP contribution >= 0.6 is 11.6 Å². The Bertz CT molecular complexity index is 751. The van der Waals surface area contributed by atoms with Crippen molar-refractivity contribution in [3.63, 3.8) is 0 Å². The van der Waals surface area contributed by atoms with Gasteiger partial charge in [-0.15, -0.1) is 0 Å². The van der Waals surface area contributed by atoms with Crippen molar-refractivity contribution in [2.24, 2.45) is 0 Å². The molecule has 5 heteroatoms. The van der Waals surface area contributed by atoms with Crippen LogP contribution in [0, 0.1) is 0 Å². The van der Waals surface area contributed by atoms with Gasteiger partial charge in [0.1, 0.15) is 11.2 Å². The minimum Gasteiger partial charge on any atom is -0.453 e. The number of nitrogens with two attached hydrogens (primary N) is 1. The number of fused-ring (bicyclic) bond motifs is 2. The number of aromatic nitrogens is 1. The number of hydrogen-bond donors (Lipinski definition) is 1. The van der Waals surface area contributed by atoms with E-state index in [9.17, 15) is 4.79 Å². The molecule has 0 aromatic heterocycles. The second kappa shape index (κ2) is 3.46. The first-order chi connectivity index (χ1) is 8.13. The average molecular weight is 247 g/mol. The van der Waals surface area contributed by atoms with E-state index in [0.29, 0.717) is 27.6 Å². The maximum atomic E-state index is 11.4. The lowest BCUT2D eigenvalue weighted by Crippen LogP contribution is -2.08. The minimum atomic E-state index is -0.267. The summed E-state index contributed by atoms with van der Waals surface area (Å²) in [5, 5.41) is 0.577. The van der Waals surface area contributed by atoms with Gasteiger partial charge in [0.25, 0.3) is 0 Å². The normalized spacial score (nSPS) is 11.1. The van der Waals surface area contributed by atoms with Crippen molar-refractivity contribution in [2.45, 2.75) is 0 Å². The molecule has 1 heterocycles. The van der Waals surface area contributed by atoms with Crippen LogP contribution in [-0.2, 0) is 0 Å². The third-order valence-corrected chi connectivity index (χ3v) is 2.71. The van der Waals surface area contributed by atoms with Crippen LogP contribution in [-0.4, -0.2) is 4.98 Å². The number of halogens is 1. The number of nitrogen functional groups attached to an aromatic ring is 1. The van der Waals surface area contributed by atoms with Crippen LogP contribution in [0.25, 0.3) is 22.6 Å². The minimum absolute atomic E-state index is 0.154. The van der Waals surface area contributed by atoms with Crippen molar-refractivity contribution in [2.75, 3.05) is 5.73 Å². The smallest absolute Gasteiger partial charge is 0.205 e. The number of anilines is 1. The molecular formula is C12H7ClN2O2. The van der Waals surface area contributed by atoms with E-state index < -0.39 is 0 Å². The Morgan fingerprint density at radius 2 is 2.06 bits per heavy atom. The zero-order chi connectivity index (χ0) is 12.0. The van der Waals surface area contributed by atoms with Crippen LogP contribution in [0.1, 0.15) is 0 Å². The van der Waals surface area contributed by atoms with Crippen LogP contribution in [0.5, 0.6) is 0 Å². The second-order valence-corrected chi connectivity index (χ2v) is 4.12. The highest BCUT2D eigenvalue weighted by Crippen LogP contribution is 2.26. The van der Waals surface area contributed by atoms with Gasteiger partial charge in [-0.3, -0.25) is 4.79 Å². The molecule has 17 heavy (non-hydrogen) atoms. The Kier molecular flexibility index (Phi) is 2.06. The van der Waals surface area contributed by atoms with Gasteiger partial charge in [-0.2, -0.15) is 0 Å². The Morgan fingerprint density at radius 3 is 2.88 bits per heavy atom. The molecule has 3 rings (SSSR count). The first kappa shape index (κ1) is 10.1. The molecule has 0 saturated heterocycles. The molecule has 0 bridgehead atoms. The Balaban J connectivity index is 2.45. The third kappa shape index (κ3) is 1.62. The number of benzene rings is 2. The highest BCUT2D eigenvalue weighted by molar-refractivity contribution is 6.31.